The minimum Gasteiger partial charge on any atom is -0.321 e. The molecule has 0 saturated heterocycles. The van der Waals surface area contributed by atoms with Crippen molar-refractivity contribution >= 4 is 0 Å². The minimum atomic E-state index is -0.329. The molecular weight excluding hydrogens is 230 g/mol. The Morgan fingerprint density at radius 2 is 1.63 bits per heavy atom. The van der Waals surface area contributed by atoms with Crippen molar-refractivity contribution in [1.29, 1.82) is 0 Å². The van der Waals surface area contributed by atoms with E-state index in [4.69, 9.17) is 5.73 Å². The van der Waals surface area contributed by atoms with Crippen LogP contribution in [0.2, 0.25) is 0 Å². The van der Waals surface area contributed by atoms with E-state index in [0.29, 0.717) is 0 Å². The molecule has 1 atom stereocenters. The van der Waals surface area contributed by atoms with E-state index in [1.165, 1.54) is 27.8 Å². The zero-order chi connectivity index (χ0) is 14.0. The number of hydrogen-bond donors (Lipinski definition) is 1. The summed E-state index contributed by atoms with van der Waals surface area (Å²) in [7, 11) is 0. The molecule has 2 N–H and O–H groups in total. The summed E-state index contributed by atoms with van der Waals surface area (Å²) >= 11 is 0. The maximum absolute atomic E-state index is 6.59. The average Bonchev–Trinajstić information content (AvgIpc) is 2.34. The summed E-state index contributed by atoms with van der Waals surface area (Å²) in [5.41, 5.74) is 12.7. The van der Waals surface area contributed by atoms with Gasteiger partial charge in [0.2, 0.25) is 0 Å². The highest BCUT2D eigenvalue weighted by molar-refractivity contribution is 5.37. The molecule has 2 aromatic carbocycles. The number of benzene rings is 2. The molecule has 0 fully saturated rings. The molecule has 0 aliphatic heterocycles. The van der Waals surface area contributed by atoms with Crippen molar-refractivity contribution in [2.45, 2.75) is 39.7 Å². The highest BCUT2D eigenvalue weighted by atomic mass is 14.7. The van der Waals surface area contributed by atoms with Crippen molar-refractivity contribution in [1.82, 2.24) is 0 Å². The molecule has 0 aliphatic carbocycles. The molecule has 0 heterocycles. The highest BCUT2D eigenvalue weighted by Crippen LogP contribution is 2.27. The maximum Gasteiger partial charge on any atom is 0.0424 e. The van der Waals surface area contributed by atoms with E-state index in [9.17, 15) is 0 Å². The van der Waals surface area contributed by atoms with Crippen molar-refractivity contribution in [3.05, 3.63) is 70.3 Å². The molecule has 2 aromatic rings. The van der Waals surface area contributed by atoms with E-state index in [2.05, 4.69) is 70.2 Å². The van der Waals surface area contributed by atoms with Gasteiger partial charge in [0.1, 0.15) is 0 Å². The molecule has 0 spiro atoms. The quantitative estimate of drug-likeness (QED) is 0.878. The summed E-state index contributed by atoms with van der Waals surface area (Å²) in [6.45, 7) is 8.54. The topological polar surface area (TPSA) is 26.0 Å². The average molecular weight is 253 g/mol. The fraction of sp³-hybridized carbons (Fsp3) is 0.333. The molecule has 0 amide bonds. The largest absolute Gasteiger partial charge is 0.321 e. The lowest BCUT2D eigenvalue weighted by atomic mass is 9.83. The normalized spacial score (nSPS) is 14.2. The molecule has 100 valence electrons. The lowest BCUT2D eigenvalue weighted by Gasteiger charge is -2.28. The standard InChI is InChI=1S/C18H23N/c1-13-9-10-14(2)16(11-13)12-18(4,19)17-8-6-5-7-15(17)3/h5-11H,12,19H2,1-4H3. The SMILES string of the molecule is Cc1ccc(C)c(CC(C)(N)c2ccccc2C)c1. The van der Waals surface area contributed by atoms with Crippen LogP contribution < -0.4 is 5.73 Å². The van der Waals surface area contributed by atoms with Crippen LogP contribution in [-0.2, 0) is 12.0 Å². The molecule has 0 aromatic heterocycles. The van der Waals surface area contributed by atoms with Crippen LogP contribution in [0.3, 0.4) is 0 Å². The van der Waals surface area contributed by atoms with E-state index < -0.39 is 0 Å². The van der Waals surface area contributed by atoms with E-state index in [0.717, 1.165) is 6.42 Å². The third-order valence-electron chi connectivity index (χ3n) is 3.82. The molecule has 1 unspecified atom stereocenters. The Morgan fingerprint density at radius 1 is 0.947 bits per heavy atom. The molecule has 2 rings (SSSR count). The van der Waals surface area contributed by atoms with Gasteiger partial charge in [0.05, 0.1) is 0 Å². The zero-order valence-electron chi connectivity index (χ0n) is 12.3. The van der Waals surface area contributed by atoms with Crippen molar-refractivity contribution in [3.63, 3.8) is 0 Å². The van der Waals surface area contributed by atoms with Crippen LogP contribution in [0.15, 0.2) is 42.5 Å². The molecule has 0 aliphatic rings. The zero-order valence-corrected chi connectivity index (χ0v) is 12.3. The van der Waals surface area contributed by atoms with E-state index >= 15 is 0 Å². The first-order valence-electron chi connectivity index (χ1n) is 6.81. The second-order valence-electron chi connectivity index (χ2n) is 5.84. The van der Waals surface area contributed by atoms with E-state index in [-0.39, 0.29) is 5.54 Å². The maximum atomic E-state index is 6.59. The van der Waals surface area contributed by atoms with Crippen molar-refractivity contribution in [2.24, 2.45) is 5.73 Å². The van der Waals surface area contributed by atoms with Crippen LogP contribution >= 0.6 is 0 Å². The van der Waals surface area contributed by atoms with Crippen molar-refractivity contribution in [2.75, 3.05) is 0 Å². The van der Waals surface area contributed by atoms with Crippen molar-refractivity contribution in [3.8, 4) is 0 Å². The molecule has 0 bridgehead atoms. The third-order valence-corrected chi connectivity index (χ3v) is 3.82. The smallest absolute Gasteiger partial charge is 0.0424 e. The minimum absolute atomic E-state index is 0.329. The predicted octanol–water partition coefficient (Wildman–Crippen LogP) is 4.03. The van der Waals surface area contributed by atoms with E-state index in [1.54, 1.807) is 0 Å². The summed E-state index contributed by atoms with van der Waals surface area (Å²) < 4.78 is 0. The fourth-order valence-corrected chi connectivity index (χ4v) is 2.70. The van der Waals surface area contributed by atoms with Crippen LogP contribution in [0.25, 0.3) is 0 Å². The number of aryl methyl sites for hydroxylation is 3. The molecule has 1 heteroatoms. The van der Waals surface area contributed by atoms with Crippen molar-refractivity contribution < 1.29 is 0 Å². The van der Waals surface area contributed by atoms with Gasteiger partial charge in [-0.2, -0.15) is 0 Å². The summed E-state index contributed by atoms with van der Waals surface area (Å²) in [5.74, 6) is 0. The lowest BCUT2D eigenvalue weighted by Crippen LogP contribution is -2.36. The number of rotatable bonds is 3. The van der Waals surface area contributed by atoms with Gasteiger partial charge in [-0.1, -0.05) is 48.0 Å². The first-order valence-corrected chi connectivity index (χ1v) is 6.81. The van der Waals surface area contributed by atoms with Gasteiger partial charge in [-0.05, 0) is 56.4 Å². The molecule has 0 saturated carbocycles. The van der Waals surface area contributed by atoms with Crippen LogP contribution in [0, 0.1) is 20.8 Å². The van der Waals surface area contributed by atoms with Crippen LogP contribution in [0.5, 0.6) is 0 Å². The Bertz CT molecular complexity index is 582. The van der Waals surface area contributed by atoms with Crippen LogP contribution in [0.4, 0.5) is 0 Å². The first-order chi connectivity index (χ1) is 8.90. The Kier molecular flexibility index (Phi) is 3.77. The Hall–Kier alpha value is -1.60. The Labute approximate surface area is 116 Å². The Morgan fingerprint density at radius 3 is 2.32 bits per heavy atom. The summed E-state index contributed by atoms with van der Waals surface area (Å²) in [4.78, 5) is 0. The summed E-state index contributed by atoms with van der Waals surface area (Å²) in [6, 6.07) is 15.0. The predicted molar refractivity (Wildman–Crippen MR) is 82.3 cm³/mol. The van der Waals surface area contributed by atoms with E-state index in [1.807, 2.05) is 0 Å². The molecular formula is C18H23N. The van der Waals surface area contributed by atoms with Crippen LogP contribution in [-0.4, -0.2) is 0 Å². The van der Waals surface area contributed by atoms with Gasteiger partial charge < -0.3 is 5.73 Å². The van der Waals surface area contributed by atoms with Gasteiger partial charge in [-0.15, -0.1) is 0 Å². The second kappa shape index (κ2) is 5.18. The molecule has 19 heavy (non-hydrogen) atoms. The molecule has 1 nitrogen and oxygen atoms in total. The fourth-order valence-electron chi connectivity index (χ4n) is 2.70. The van der Waals surface area contributed by atoms with Gasteiger partial charge in [0.25, 0.3) is 0 Å². The lowest BCUT2D eigenvalue weighted by molar-refractivity contribution is 0.487. The van der Waals surface area contributed by atoms with Gasteiger partial charge in [0.15, 0.2) is 0 Å². The second-order valence-corrected chi connectivity index (χ2v) is 5.84. The Balaban J connectivity index is 2.36. The summed E-state index contributed by atoms with van der Waals surface area (Å²) in [6.07, 6.45) is 0.866. The van der Waals surface area contributed by atoms with Gasteiger partial charge in [-0.3, -0.25) is 0 Å². The van der Waals surface area contributed by atoms with Gasteiger partial charge >= 0.3 is 0 Å². The third kappa shape index (κ3) is 3.05. The van der Waals surface area contributed by atoms with Crippen LogP contribution in [0.1, 0.15) is 34.7 Å². The first kappa shape index (κ1) is 13.8. The number of hydrogen-bond acceptors (Lipinski definition) is 1. The summed E-state index contributed by atoms with van der Waals surface area (Å²) in [5, 5.41) is 0. The highest BCUT2D eigenvalue weighted by Gasteiger charge is 2.23. The monoisotopic (exact) mass is 253 g/mol. The molecule has 0 radical (unpaired) electrons. The van der Waals surface area contributed by atoms with Gasteiger partial charge in [-0.25, -0.2) is 0 Å². The number of nitrogens with two attached hydrogens (primary N) is 1. The van der Waals surface area contributed by atoms with Gasteiger partial charge in [0, 0.05) is 5.54 Å².